The molecular formula is C37H62O12. The van der Waals surface area contributed by atoms with Gasteiger partial charge in [0.2, 0.25) is 0 Å². The maximum atomic E-state index is 12.3. The van der Waals surface area contributed by atoms with Crippen molar-refractivity contribution in [3.63, 3.8) is 0 Å². The van der Waals surface area contributed by atoms with Crippen LogP contribution >= 0.6 is 0 Å². The van der Waals surface area contributed by atoms with Gasteiger partial charge in [-0.1, -0.05) is 41.5 Å². The molecule has 0 aromatic carbocycles. The highest BCUT2D eigenvalue weighted by atomic mass is 16.7. The molecule has 12 nitrogen and oxygen atoms in total. The molecule has 0 bridgehead atoms. The molecule has 5 aliphatic heterocycles. The lowest BCUT2D eigenvalue weighted by Crippen LogP contribution is -2.57. The molecule has 0 saturated carbocycles. The molecule has 282 valence electrons. The number of carboxylic acid groups (broad SMARTS) is 1. The summed E-state index contributed by atoms with van der Waals surface area (Å²) in [4.78, 5) is 24.3. The Hall–Kier alpha value is -1.38. The summed E-state index contributed by atoms with van der Waals surface area (Å²) < 4.78 is 39.1. The molecule has 5 fully saturated rings. The van der Waals surface area contributed by atoms with Crippen molar-refractivity contribution < 1.29 is 58.4 Å². The summed E-state index contributed by atoms with van der Waals surface area (Å²) in [5, 5.41) is 42.0. The van der Waals surface area contributed by atoms with Crippen molar-refractivity contribution in [3.8, 4) is 0 Å². The third-order valence-corrected chi connectivity index (χ3v) is 12.9. The first-order chi connectivity index (χ1) is 22.8. The maximum Gasteiger partial charge on any atom is 0.309 e. The number of aliphatic hydroxyl groups is 3. The predicted molar refractivity (Wildman–Crippen MR) is 177 cm³/mol. The van der Waals surface area contributed by atoms with E-state index in [-0.39, 0.29) is 60.9 Å². The van der Waals surface area contributed by atoms with E-state index in [4.69, 9.17) is 28.4 Å². The Kier molecular flexibility index (Phi) is 11.3. The number of esters is 1. The lowest BCUT2D eigenvalue weighted by molar-refractivity contribution is -0.335. The second-order valence-corrected chi connectivity index (χ2v) is 16.8. The summed E-state index contributed by atoms with van der Waals surface area (Å²) in [5.74, 6) is -5.90. The largest absolute Gasteiger partial charge is 0.481 e. The normalized spacial score (nSPS) is 49.1. The predicted octanol–water partition coefficient (Wildman–Crippen LogP) is 4.19. The van der Waals surface area contributed by atoms with Crippen LogP contribution in [0.1, 0.15) is 114 Å². The Morgan fingerprint density at radius 2 is 1.65 bits per heavy atom. The molecule has 4 N–H and O–H groups in total. The minimum atomic E-state index is -1.58. The van der Waals surface area contributed by atoms with E-state index in [1.807, 2.05) is 27.7 Å². The molecule has 5 heterocycles. The van der Waals surface area contributed by atoms with Crippen LogP contribution in [0, 0.1) is 35.5 Å². The van der Waals surface area contributed by atoms with Gasteiger partial charge in [0, 0.05) is 37.0 Å². The molecule has 5 rings (SSSR count). The van der Waals surface area contributed by atoms with E-state index in [9.17, 15) is 30.0 Å². The molecule has 5 saturated heterocycles. The molecule has 0 radical (unpaired) electrons. The van der Waals surface area contributed by atoms with Crippen LogP contribution in [0.3, 0.4) is 0 Å². The van der Waals surface area contributed by atoms with Crippen molar-refractivity contribution in [2.24, 2.45) is 35.5 Å². The highest BCUT2D eigenvalue weighted by Crippen LogP contribution is 2.54. The molecule has 5 aliphatic rings. The third-order valence-electron chi connectivity index (χ3n) is 12.9. The summed E-state index contributed by atoms with van der Waals surface area (Å²) in [7, 11) is 0. The van der Waals surface area contributed by atoms with Gasteiger partial charge in [-0.2, -0.15) is 0 Å². The van der Waals surface area contributed by atoms with E-state index in [0.29, 0.717) is 12.8 Å². The Labute approximate surface area is 291 Å². The zero-order chi connectivity index (χ0) is 36.3. The molecular weight excluding hydrogens is 636 g/mol. The fraction of sp³-hybridized carbons (Fsp3) is 0.946. The number of aliphatic hydroxyl groups excluding tert-OH is 2. The Morgan fingerprint density at radius 3 is 2.29 bits per heavy atom. The molecule has 17 atom stereocenters. The molecule has 0 aromatic rings. The Balaban J connectivity index is 1.27. The van der Waals surface area contributed by atoms with Gasteiger partial charge in [0.25, 0.3) is 0 Å². The zero-order valence-electron chi connectivity index (χ0n) is 30.9. The summed E-state index contributed by atoms with van der Waals surface area (Å²) in [5.41, 5.74) is -1.29. The highest BCUT2D eigenvalue weighted by Gasteiger charge is 2.61. The number of hydrogen-bond acceptors (Lipinski definition) is 11. The summed E-state index contributed by atoms with van der Waals surface area (Å²) >= 11 is 0. The lowest BCUT2D eigenvalue weighted by Gasteiger charge is -2.48. The van der Waals surface area contributed by atoms with E-state index in [1.54, 1.807) is 6.92 Å². The van der Waals surface area contributed by atoms with Gasteiger partial charge < -0.3 is 48.8 Å². The van der Waals surface area contributed by atoms with Gasteiger partial charge in [-0.25, -0.2) is 0 Å². The van der Waals surface area contributed by atoms with Crippen molar-refractivity contribution >= 4 is 11.9 Å². The molecule has 49 heavy (non-hydrogen) atoms. The molecule has 0 amide bonds. The SMILES string of the molecule is CCC(=O)O[C@H]([C@H](C)[C@H]1O[C@@]2(CC[C@@](C)([C@H]3CC[C@@](C)(C4O[C@@H]([C@H]5O[C@@](O)(CO)[C@H](C)C[C@@H]5C)C[C@@H]4C)O3)O2)C[C@H](O)[C@H]1C)[C@@H](C)C(=O)O. The van der Waals surface area contributed by atoms with Gasteiger partial charge in [0.05, 0.1) is 60.4 Å². The Bertz CT molecular complexity index is 1200. The Morgan fingerprint density at radius 1 is 0.959 bits per heavy atom. The van der Waals surface area contributed by atoms with Gasteiger partial charge in [0.1, 0.15) is 6.10 Å². The van der Waals surface area contributed by atoms with Gasteiger partial charge in [-0.05, 0) is 64.7 Å². The highest BCUT2D eigenvalue weighted by molar-refractivity contribution is 5.72. The number of rotatable bonds is 10. The van der Waals surface area contributed by atoms with Crippen LogP contribution in [0.2, 0.25) is 0 Å². The van der Waals surface area contributed by atoms with E-state index in [2.05, 4.69) is 20.8 Å². The maximum absolute atomic E-state index is 12.3. The monoisotopic (exact) mass is 698 g/mol. The first-order valence-electron chi connectivity index (χ1n) is 18.6. The molecule has 12 heteroatoms. The molecule has 1 spiro atoms. The van der Waals surface area contributed by atoms with Crippen LogP contribution < -0.4 is 0 Å². The van der Waals surface area contributed by atoms with Crippen LogP contribution in [0.15, 0.2) is 0 Å². The number of carbonyl (C=O) groups is 2. The minimum Gasteiger partial charge on any atom is -0.481 e. The van der Waals surface area contributed by atoms with Crippen molar-refractivity contribution in [2.45, 2.75) is 179 Å². The third kappa shape index (κ3) is 7.32. The van der Waals surface area contributed by atoms with Gasteiger partial charge >= 0.3 is 11.9 Å². The van der Waals surface area contributed by atoms with Crippen LogP contribution in [-0.4, -0.2) is 104 Å². The fourth-order valence-electron chi connectivity index (χ4n) is 9.66. The minimum absolute atomic E-state index is 0.121. The van der Waals surface area contributed by atoms with Crippen LogP contribution in [0.5, 0.6) is 0 Å². The van der Waals surface area contributed by atoms with Gasteiger partial charge in [-0.3, -0.25) is 9.59 Å². The average molecular weight is 699 g/mol. The van der Waals surface area contributed by atoms with Crippen molar-refractivity contribution in [1.29, 1.82) is 0 Å². The average Bonchev–Trinajstić information content (AvgIpc) is 3.74. The van der Waals surface area contributed by atoms with E-state index < -0.39 is 71.5 Å². The van der Waals surface area contributed by atoms with Crippen LogP contribution in [0.4, 0.5) is 0 Å². The van der Waals surface area contributed by atoms with Gasteiger partial charge in [-0.15, -0.1) is 0 Å². The van der Waals surface area contributed by atoms with Gasteiger partial charge in [0.15, 0.2) is 11.6 Å². The van der Waals surface area contributed by atoms with E-state index in [0.717, 1.165) is 25.7 Å². The van der Waals surface area contributed by atoms with Crippen molar-refractivity contribution in [3.05, 3.63) is 0 Å². The topological polar surface area (TPSA) is 170 Å². The number of ether oxygens (including phenoxy) is 6. The van der Waals surface area contributed by atoms with E-state index >= 15 is 0 Å². The van der Waals surface area contributed by atoms with Crippen molar-refractivity contribution in [2.75, 3.05) is 6.61 Å². The summed E-state index contributed by atoms with van der Waals surface area (Å²) in [6.45, 7) is 16.7. The standard InChI is InChI=1S/C37H62O12/c1-10-28(40)45-30(24(7)33(41)42)23(6)31-22(5)25(39)17-36(47-31)14-13-34(8,49-36)27-11-12-35(9,46-27)32-20(3)16-26(44-32)29-19(2)15-21(4)37(43,18-38)48-29/h19-27,29-32,38-39,43H,10-18H2,1-9H3,(H,41,42)/t19-,20-,21+,22+,23-,24+,25-,26+,27+,29-,30+,31-,32?,34-,35-,36+,37-/m0/s1. The number of hydrogen-bond donors (Lipinski definition) is 4. The quantitative estimate of drug-likeness (QED) is 0.240. The van der Waals surface area contributed by atoms with Crippen molar-refractivity contribution in [1.82, 2.24) is 0 Å². The smallest absolute Gasteiger partial charge is 0.309 e. The van der Waals surface area contributed by atoms with E-state index in [1.165, 1.54) is 6.92 Å². The number of aliphatic carboxylic acids is 1. The first kappa shape index (κ1) is 38.8. The summed E-state index contributed by atoms with van der Waals surface area (Å²) in [6.07, 6.45) is 1.24. The molecule has 0 aliphatic carbocycles. The van der Waals surface area contributed by atoms with Crippen LogP contribution in [-0.2, 0) is 38.0 Å². The summed E-state index contributed by atoms with van der Waals surface area (Å²) in [6, 6.07) is 0. The second kappa shape index (κ2) is 14.2. The second-order valence-electron chi connectivity index (χ2n) is 16.8. The number of carbonyl (C=O) groups excluding carboxylic acids is 1. The zero-order valence-corrected chi connectivity index (χ0v) is 30.9. The number of carboxylic acids is 1. The lowest BCUT2D eigenvalue weighted by atomic mass is 9.78. The molecule has 1 unspecified atom stereocenters. The fourth-order valence-corrected chi connectivity index (χ4v) is 9.66. The molecule has 0 aromatic heterocycles. The first-order valence-corrected chi connectivity index (χ1v) is 18.6. The van der Waals surface area contributed by atoms with Crippen LogP contribution in [0.25, 0.3) is 0 Å².